The van der Waals surface area contributed by atoms with E-state index >= 15 is 0 Å². The molecular formula is C13H15Br2NO. The summed E-state index contributed by atoms with van der Waals surface area (Å²) in [6.45, 7) is 5.17. The molecule has 2 unspecified atom stereocenters. The zero-order valence-corrected chi connectivity index (χ0v) is 13.1. The lowest BCUT2D eigenvalue weighted by Gasteiger charge is -2.22. The van der Waals surface area contributed by atoms with Crippen molar-refractivity contribution in [1.82, 2.24) is 4.90 Å². The van der Waals surface area contributed by atoms with Crippen molar-refractivity contribution < 1.29 is 4.79 Å². The SMILES string of the molecule is CC1CC(C)N(C(=O)c2cc(Br)ccc2Br)C1. The number of amides is 1. The van der Waals surface area contributed by atoms with Gasteiger partial charge >= 0.3 is 0 Å². The summed E-state index contributed by atoms with van der Waals surface area (Å²) in [6.07, 6.45) is 1.09. The van der Waals surface area contributed by atoms with Gasteiger partial charge in [-0.15, -0.1) is 0 Å². The van der Waals surface area contributed by atoms with Gasteiger partial charge in [0.15, 0.2) is 0 Å². The van der Waals surface area contributed by atoms with Crippen molar-refractivity contribution in [1.29, 1.82) is 0 Å². The van der Waals surface area contributed by atoms with Crippen molar-refractivity contribution in [2.75, 3.05) is 6.54 Å². The fraction of sp³-hybridized carbons (Fsp3) is 0.462. The number of rotatable bonds is 1. The highest BCUT2D eigenvalue weighted by Crippen LogP contribution is 2.28. The first-order valence-corrected chi connectivity index (χ1v) is 7.33. The number of nitrogens with zero attached hydrogens (tertiary/aromatic N) is 1. The van der Waals surface area contributed by atoms with E-state index in [2.05, 4.69) is 45.7 Å². The first kappa shape index (κ1) is 13.1. The maximum absolute atomic E-state index is 12.5. The highest BCUT2D eigenvalue weighted by atomic mass is 79.9. The van der Waals surface area contributed by atoms with Crippen LogP contribution in [-0.2, 0) is 0 Å². The van der Waals surface area contributed by atoms with Crippen LogP contribution in [0.2, 0.25) is 0 Å². The van der Waals surface area contributed by atoms with E-state index in [9.17, 15) is 4.79 Å². The van der Waals surface area contributed by atoms with E-state index in [0.29, 0.717) is 12.0 Å². The van der Waals surface area contributed by atoms with E-state index in [1.807, 2.05) is 23.1 Å². The summed E-state index contributed by atoms with van der Waals surface area (Å²) in [6, 6.07) is 6.05. The Morgan fingerprint density at radius 1 is 1.35 bits per heavy atom. The number of benzene rings is 1. The van der Waals surface area contributed by atoms with Crippen molar-refractivity contribution in [2.24, 2.45) is 5.92 Å². The van der Waals surface area contributed by atoms with E-state index in [1.165, 1.54) is 0 Å². The van der Waals surface area contributed by atoms with Crippen LogP contribution in [-0.4, -0.2) is 23.4 Å². The smallest absolute Gasteiger partial charge is 0.255 e. The molecule has 1 aromatic rings. The zero-order chi connectivity index (χ0) is 12.6. The van der Waals surface area contributed by atoms with E-state index < -0.39 is 0 Å². The van der Waals surface area contributed by atoms with Crippen molar-refractivity contribution in [2.45, 2.75) is 26.3 Å². The second-order valence-corrected chi connectivity index (χ2v) is 6.54. The Labute approximate surface area is 119 Å². The molecule has 0 saturated carbocycles. The van der Waals surface area contributed by atoms with Gasteiger partial charge in [-0.05, 0) is 53.4 Å². The van der Waals surface area contributed by atoms with Gasteiger partial charge in [0, 0.05) is 21.5 Å². The fourth-order valence-electron chi connectivity index (χ4n) is 2.40. The summed E-state index contributed by atoms with van der Waals surface area (Å²) >= 11 is 6.85. The molecule has 2 atom stereocenters. The number of halogens is 2. The van der Waals surface area contributed by atoms with Crippen LogP contribution in [0, 0.1) is 5.92 Å². The third-order valence-electron chi connectivity index (χ3n) is 3.20. The topological polar surface area (TPSA) is 20.3 Å². The molecular weight excluding hydrogens is 346 g/mol. The fourth-order valence-corrected chi connectivity index (χ4v) is 3.18. The standard InChI is InChI=1S/C13H15Br2NO/c1-8-5-9(2)16(7-8)13(17)11-6-10(14)3-4-12(11)15/h3-4,6,8-9H,5,7H2,1-2H3. The summed E-state index contributed by atoms with van der Waals surface area (Å²) in [7, 11) is 0. The van der Waals surface area contributed by atoms with Crippen molar-refractivity contribution >= 4 is 37.8 Å². The second kappa shape index (κ2) is 5.11. The Morgan fingerprint density at radius 3 is 2.65 bits per heavy atom. The predicted molar refractivity (Wildman–Crippen MR) is 76.1 cm³/mol. The lowest BCUT2D eigenvalue weighted by atomic mass is 10.1. The van der Waals surface area contributed by atoms with Gasteiger partial charge < -0.3 is 4.90 Å². The average Bonchev–Trinajstić information content (AvgIpc) is 2.60. The number of carbonyl (C=O) groups is 1. The summed E-state index contributed by atoms with van der Waals surface area (Å²) in [5.74, 6) is 0.718. The van der Waals surface area contributed by atoms with Gasteiger partial charge in [-0.2, -0.15) is 0 Å². The van der Waals surface area contributed by atoms with E-state index in [-0.39, 0.29) is 5.91 Å². The number of carbonyl (C=O) groups excluding carboxylic acids is 1. The molecule has 0 radical (unpaired) electrons. The molecule has 0 N–H and O–H groups in total. The van der Waals surface area contributed by atoms with Gasteiger partial charge in [0.05, 0.1) is 5.56 Å². The minimum Gasteiger partial charge on any atom is -0.336 e. The van der Waals surface area contributed by atoms with Gasteiger partial charge in [-0.3, -0.25) is 4.79 Å². The maximum atomic E-state index is 12.5. The quantitative estimate of drug-likeness (QED) is 0.738. The van der Waals surface area contributed by atoms with Crippen LogP contribution < -0.4 is 0 Å². The zero-order valence-electron chi connectivity index (χ0n) is 9.91. The highest BCUT2D eigenvalue weighted by molar-refractivity contribution is 9.11. The Hall–Kier alpha value is -0.350. The molecule has 0 bridgehead atoms. The minimum atomic E-state index is 0.120. The van der Waals surface area contributed by atoms with Gasteiger partial charge in [0.2, 0.25) is 0 Å². The summed E-state index contributed by atoms with van der Waals surface area (Å²) in [5.41, 5.74) is 0.736. The number of hydrogen-bond donors (Lipinski definition) is 0. The Balaban J connectivity index is 2.28. The molecule has 92 valence electrons. The van der Waals surface area contributed by atoms with Crippen LogP contribution >= 0.6 is 31.9 Å². The lowest BCUT2D eigenvalue weighted by molar-refractivity contribution is 0.0743. The average molecular weight is 361 g/mol. The predicted octanol–water partition coefficient (Wildman–Crippen LogP) is 4.08. The number of likely N-dealkylation sites (tertiary alicyclic amines) is 1. The third-order valence-corrected chi connectivity index (χ3v) is 4.39. The van der Waals surface area contributed by atoms with Gasteiger partial charge in [0.1, 0.15) is 0 Å². The van der Waals surface area contributed by atoms with Crippen LogP contribution in [0.3, 0.4) is 0 Å². The van der Waals surface area contributed by atoms with E-state index in [4.69, 9.17) is 0 Å². The Kier molecular flexibility index (Phi) is 3.93. The molecule has 2 nitrogen and oxygen atoms in total. The summed E-state index contributed by atoms with van der Waals surface area (Å²) in [5, 5.41) is 0. The molecule has 4 heteroatoms. The Bertz CT molecular complexity index is 447. The molecule has 2 rings (SSSR count). The normalized spacial score (nSPS) is 24.1. The van der Waals surface area contributed by atoms with Crippen molar-refractivity contribution in [3.8, 4) is 0 Å². The number of hydrogen-bond acceptors (Lipinski definition) is 1. The molecule has 1 heterocycles. The van der Waals surface area contributed by atoms with Crippen LogP contribution in [0.15, 0.2) is 27.1 Å². The molecule has 0 aromatic heterocycles. The molecule has 17 heavy (non-hydrogen) atoms. The minimum absolute atomic E-state index is 0.120. The maximum Gasteiger partial charge on any atom is 0.255 e. The van der Waals surface area contributed by atoms with Crippen molar-refractivity contribution in [3.63, 3.8) is 0 Å². The molecule has 1 saturated heterocycles. The second-order valence-electron chi connectivity index (χ2n) is 4.77. The monoisotopic (exact) mass is 359 g/mol. The molecule has 0 aliphatic carbocycles. The molecule has 1 amide bonds. The van der Waals surface area contributed by atoms with Crippen LogP contribution in [0.25, 0.3) is 0 Å². The largest absolute Gasteiger partial charge is 0.336 e. The Morgan fingerprint density at radius 2 is 2.06 bits per heavy atom. The highest BCUT2D eigenvalue weighted by Gasteiger charge is 2.31. The summed E-state index contributed by atoms with van der Waals surface area (Å²) in [4.78, 5) is 14.4. The van der Waals surface area contributed by atoms with Gasteiger partial charge in [-0.1, -0.05) is 22.9 Å². The lowest BCUT2D eigenvalue weighted by Crippen LogP contribution is -2.34. The molecule has 0 spiro atoms. The van der Waals surface area contributed by atoms with Crippen LogP contribution in [0.5, 0.6) is 0 Å². The van der Waals surface area contributed by atoms with E-state index in [1.54, 1.807) is 0 Å². The molecule has 1 fully saturated rings. The van der Waals surface area contributed by atoms with Crippen LogP contribution in [0.4, 0.5) is 0 Å². The summed E-state index contributed by atoms with van der Waals surface area (Å²) < 4.78 is 1.79. The van der Waals surface area contributed by atoms with Gasteiger partial charge in [0.25, 0.3) is 5.91 Å². The molecule has 1 aromatic carbocycles. The molecule has 1 aliphatic rings. The first-order chi connectivity index (χ1) is 7.99. The van der Waals surface area contributed by atoms with Crippen molar-refractivity contribution in [3.05, 3.63) is 32.7 Å². The third kappa shape index (κ3) is 2.74. The molecule has 1 aliphatic heterocycles. The van der Waals surface area contributed by atoms with Gasteiger partial charge in [-0.25, -0.2) is 0 Å². The van der Waals surface area contributed by atoms with E-state index in [0.717, 1.165) is 27.5 Å². The first-order valence-electron chi connectivity index (χ1n) is 5.75. The van der Waals surface area contributed by atoms with Crippen LogP contribution in [0.1, 0.15) is 30.6 Å².